The second kappa shape index (κ2) is 5.40. The zero-order chi connectivity index (χ0) is 12.4. The monoisotopic (exact) mass is 296 g/mol. The van der Waals surface area contributed by atoms with Crippen molar-refractivity contribution < 1.29 is 0 Å². The van der Waals surface area contributed by atoms with Crippen LogP contribution in [0, 0.1) is 0 Å². The summed E-state index contributed by atoms with van der Waals surface area (Å²) >= 11 is 3.56. The summed E-state index contributed by atoms with van der Waals surface area (Å²) in [5.41, 5.74) is 2.90. The van der Waals surface area contributed by atoms with Gasteiger partial charge in [0.1, 0.15) is 0 Å². The van der Waals surface area contributed by atoms with Crippen molar-refractivity contribution in [3.05, 3.63) is 28.2 Å². The van der Waals surface area contributed by atoms with Crippen molar-refractivity contribution in [3.63, 3.8) is 0 Å². The summed E-state index contributed by atoms with van der Waals surface area (Å²) < 4.78 is 1.19. The smallest absolute Gasteiger partial charge is 0.0405 e. The van der Waals surface area contributed by atoms with Crippen LogP contribution in [0.4, 0.5) is 5.69 Å². The number of nitrogens with zero attached hydrogens (tertiary/aromatic N) is 1. The number of rotatable bonds is 4. The first-order valence-corrected chi connectivity index (χ1v) is 7.14. The van der Waals surface area contributed by atoms with Crippen LogP contribution in [0.25, 0.3) is 0 Å². The molecule has 1 N–H and O–H groups in total. The topological polar surface area (TPSA) is 15.3 Å². The van der Waals surface area contributed by atoms with E-state index in [0.717, 1.165) is 6.54 Å². The maximum absolute atomic E-state index is 3.56. The number of fused-ring (bicyclic) bond motifs is 1. The van der Waals surface area contributed by atoms with Crippen molar-refractivity contribution in [1.82, 2.24) is 5.32 Å². The highest BCUT2D eigenvalue weighted by atomic mass is 79.9. The Hall–Kier alpha value is -0.540. The molecule has 0 aromatic heterocycles. The molecule has 0 saturated carbocycles. The quantitative estimate of drug-likeness (QED) is 0.918. The predicted octanol–water partition coefficient (Wildman–Crippen LogP) is 3.20. The summed E-state index contributed by atoms with van der Waals surface area (Å²) in [5, 5.41) is 3.26. The molecule has 1 aliphatic rings. The van der Waals surface area contributed by atoms with Gasteiger partial charge in [0.15, 0.2) is 0 Å². The minimum atomic E-state index is 0.569. The van der Waals surface area contributed by atoms with Gasteiger partial charge in [-0.05, 0) is 64.0 Å². The molecule has 1 unspecified atom stereocenters. The minimum Gasteiger partial charge on any atom is -0.366 e. The lowest BCUT2D eigenvalue weighted by molar-refractivity contribution is 0.524. The SMILES string of the molecule is CNCCC1Cc2cc(Br)ccc2N1C(C)C. The summed E-state index contributed by atoms with van der Waals surface area (Å²) in [5.74, 6) is 0. The van der Waals surface area contributed by atoms with Crippen molar-refractivity contribution in [2.24, 2.45) is 0 Å². The fourth-order valence-electron chi connectivity index (χ4n) is 2.77. The summed E-state index contributed by atoms with van der Waals surface area (Å²) in [6.45, 7) is 5.65. The van der Waals surface area contributed by atoms with Crippen LogP contribution in [0.1, 0.15) is 25.8 Å². The summed E-state index contributed by atoms with van der Waals surface area (Å²) in [6, 6.07) is 7.88. The van der Waals surface area contributed by atoms with Gasteiger partial charge in [-0.15, -0.1) is 0 Å². The zero-order valence-electron chi connectivity index (χ0n) is 10.8. The Labute approximate surface area is 113 Å². The van der Waals surface area contributed by atoms with Gasteiger partial charge in [0.05, 0.1) is 0 Å². The molecule has 0 saturated heterocycles. The minimum absolute atomic E-state index is 0.569. The average molecular weight is 297 g/mol. The van der Waals surface area contributed by atoms with Crippen LogP contribution in [0.3, 0.4) is 0 Å². The zero-order valence-corrected chi connectivity index (χ0v) is 12.4. The van der Waals surface area contributed by atoms with Gasteiger partial charge < -0.3 is 10.2 Å². The van der Waals surface area contributed by atoms with Gasteiger partial charge in [0.2, 0.25) is 0 Å². The molecule has 2 rings (SSSR count). The molecule has 1 atom stereocenters. The number of hydrogen-bond acceptors (Lipinski definition) is 2. The Morgan fingerprint density at radius 2 is 2.24 bits per heavy atom. The molecule has 1 aliphatic heterocycles. The lowest BCUT2D eigenvalue weighted by Gasteiger charge is -2.31. The standard InChI is InChI=1S/C14H21BrN2/c1-10(2)17-13(6-7-16-3)9-11-8-12(15)4-5-14(11)17/h4-5,8,10,13,16H,6-7,9H2,1-3H3. The molecule has 0 spiro atoms. The van der Waals surface area contributed by atoms with E-state index in [0.29, 0.717) is 12.1 Å². The second-order valence-corrected chi connectivity index (χ2v) is 5.94. The van der Waals surface area contributed by atoms with Crippen LogP contribution in [-0.2, 0) is 6.42 Å². The first-order chi connectivity index (χ1) is 8.13. The van der Waals surface area contributed by atoms with Gasteiger partial charge in [-0.25, -0.2) is 0 Å². The molecular formula is C14H21BrN2. The van der Waals surface area contributed by atoms with E-state index in [2.05, 4.69) is 58.2 Å². The molecule has 2 nitrogen and oxygen atoms in total. The van der Waals surface area contributed by atoms with Crippen molar-refractivity contribution in [2.75, 3.05) is 18.5 Å². The number of benzene rings is 1. The molecule has 3 heteroatoms. The van der Waals surface area contributed by atoms with Crippen LogP contribution in [0.5, 0.6) is 0 Å². The molecule has 0 aliphatic carbocycles. The van der Waals surface area contributed by atoms with Crippen LogP contribution in [0.15, 0.2) is 22.7 Å². The fraction of sp³-hybridized carbons (Fsp3) is 0.571. The number of halogens is 1. The highest BCUT2D eigenvalue weighted by Crippen LogP contribution is 2.36. The molecule has 1 aromatic carbocycles. The molecule has 1 aromatic rings. The second-order valence-electron chi connectivity index (χ2n) is 5.02. The van der Waals surface area contributed by atoms with Gasteiger partial charge in [0.25, 0.3) is 0 Å². The van der Waals surface area contributed by atoms with Gasteiger partial charge in [-0.2, -0.15) is 0 Å². The lowest BCUT2D eigenvalue weighted by Crippen LogP contribution is -2.39. The van der Waals surface area contributed by atoms with E-state index in [9.17, 15) is 0 Å². The predicted molar refractivity (Wildman–Crippen MR) is 77.8 cm³/mol. The van der Waals surface area contributed by atoms with Crippen molar-refractivity contribution >= 4 is 21.6 Å². The molecule has 0 fully saturated rings. The summed E-state index contributed by atoms with van der Waals surface area (Å²) in [6.07, 6.45) is 2.38. The van der Waals surface area contributed by atoms with Crippen molar-refractivity contribution in [2.45, 2.75) is 38.8 Å². The van der Waals surface area contributed by atoms with Crippen molar-refractivity contribution in [1.29, 1.82) is 0 Å². The van der Waals surface area contributed by atoms with E-state index in [4.69, 9.17) is 0 Å². The van der Waals surface area contributed by atoms with E-state index >= 15 is 0 Å². The van der Waals surface area contributed by atoms with Gasteiger partial charge in [-0.3, -0.25) is 0 Å². The number of hydrogen-bond donors (Lipinski definition) is 1. The third-order valence-electron chi connectivity index (χ3n) is 3.45. The Morgan fingerprint density at radius 3 is 2.88 bits per heavy atom. The molecular weight excluding hydrogens is 276 g/mol. The van der Waals surface area contributed by atoms with Gasteiger partial charge >= 0.3 is 0 Å². The molecule has 0 bridgehead atoms. The van der Waals surface area contributed by atoms with Crippen molar-refractivity contribution in [3.8, 4) is 0 Å². The van der Waals surface area contributed by atoms with Crippen LogP contribution >= 0.6 is 15.9 Å². The van der Waals surface area contributed by atoms with E-state index in [1.165, 1.54) is 28.6 Å². The Kier molecular flexibility index (Phi) is 4.10. The number of anilines is 1. The molecule has 0 radical (unpaired) electrons. The van der Waals surface area contributed by atoms with Gasteiger partial charge in [-0.1, -0.05) is 15.9 Å². The maximum Gasteiger partial charge on any atom is 0.0405 e. The highest BCUT2D eigenvalue weighted by molar-refractivity contribution is 9.10. The van der Waals surface area contributed by atoms with E-state index in [1.807, 2.05) is 7.05 Å². The van der Waals surface area contributed by atoms with Crippen LogP contribution in [0.2, 0.25) is 0 Å². The summed E-state index contributed by atoms with van der Waals surface area (Å²) in [4.78, 5) is 2.57. The normalized spacial score (nSPS) is 18.9. The summed E-state index contributed by atoms with van der Waals surface area (Å²) in [7, 11) is 2.03. The highest BCUT2D eigenvalue weighted by Gasteiger charge is 2.30. The van der Waals surface area contributed by atoms with Gasteiger partial charge in [0, 0.05) is 22.2 Å². The van der Waals surface area contributed by atoms with E-state index < -0.39 is 0 Å². The Morgan fingerprint density at radius 1 is 1.47 bits per heavy atom. The molecule has 1 heterocycles. The van der Waals surface area contributed by atoms with Crippen LogP contribution in [-0.4, -0.2) is 25.7 Å². The first-order valence-electron chi connectivity index (χ1n) is 6.35. The molecule has 94 valence electrons. The molecule has 17 heavy (non-hydrogen) atoms. The first kappa shape index (κ1) is 12.9. The maximum atomic E-state index is 3.56. The van der Waals surface area contributed by atoms with Crippen LogP contribution < -0.4 is 10.2 Å². The Bertz CT molecular complexity index is 390. The third-order valence-corrected chi connectivity index (χ3v) is 3.95. The lowest BCUT2D eigenvalue weighted by atomic mass is 10.1. The third kappa shape index (κ3) is 2.66. The average Bonchev–Trinajstić information content (AvgIpc) is 2.63. The fourth-order valence-corrected chi connectivity index (χ4v) is 3.18. The Balaban J connectivity index is 2.24. The largest absolute Gasteiger partial charge is 0.366 e. The van der Waals surface area contributed by atoms with E-state index in [-0.39, 0.29) is 0 Å². The number of nitrogens with one attached hydrogen (secondary N) is 1. The van der Waals surface area contributed by atoms with E-state index in [1.54, 1.807) is 0 Å². The molecule has 0 amide bonds.